The van der Waals surface area contributed by atoms with E-state index in [-0.39, 0.29) is 29.6 Å². The number of rotatable bonds is 1. The Kier molecular flexibility index (Phi) is 3.03. The average Bonchev–Trinajstić information content (AvgIpc) is 3.21. The second-order valence-electron chi connectivity index (χ2n) is 7.20. The molecule has 4 nitrogen and oxygen atoms in total. The van der Waals surface area contributed by atoms with Gasteiger partial charge in [-0.05, 0) is 31.6 Å². The topological polar surface area (TPSA) is 65.5 Å². The highest BCUT2D eigenvalue weighted by molar-refractivity contribution is 5.15. The Morgan fingerprint density at radius 3 is 2.47 bits per heavy atom. The zero-order valence-corrected chi connectivity index (χ0v) is 12.3. The number of fused-ring (bicyclic) bond motifs is 2. The molecular weight excluding hydrogens is 244 g/mol. The summed E-state index contributed by atoms with van der Waals surface area (Å²) in [6.45, 7) is 8.28. The van der Waals surface area contributed by atoms with Gasteiger partial charge >= 0.3 is 0 Å². The number of ether oxygens (including phenoxy) is 2. The lowest BCUT2D eigenvalue weighted by Crippen LogP contribution is -2.41. The Morgan fingerprint density at radius 1 is 1.16 bits per heavy atom. The van der Waals surface area contributed by atoms with Crippen molar-refractivity contribution in [3.8, 4) is 0 Å². The quantitative estimate of drug-likeness (QED) is 0.708. The van der Waals surface area contributed by atoms with Crippen LogP contribution in [0.5, 0.6) is 0 Å². The predicted octanol–water partition coefficient (Wildman–Crippen LogP) is 1.48. The van der Waals surface area contributed by atoms with E-state index in [0.29, 0.717) is 6.42 Å². The molecule has 3 rings (SSSR count). The fourth-order valence-corrected chi connectivity index (χ4v) is 3.73. The van der Waals surface area contributed by atoms with Gasteiger partial charge in [-0.15, -0.1) is 0 Å². The van der Waals surface area contributed by atoms with Crippen molar-refractivity contribution in [2.45, 2.75) is 82.6 Å². The third-order valence-electron chi connectivity index (χ3n) is 5.68. The van der Waals surface area contributed by atoms with Gasteiger partial charge in [0.15, 0.2) is 0 Å². The minimum Gasteiger partial charge on any atom is -0.390 e. The summed E-state index contributed by atoms with van der Waals surface area (Å²) in [5, 5.41) is 20.9. The Balaban J connectivity index is 1.84. The predicted molar refractivity (Wildman–Crippen MR) is 70.7 cm³/mol. The van der Waals surface area contributed by atoms with Crippen molar-refractivity contribution < 1.29 is 19.7 Å². The standard InChI is InChI=1S/C15H26O4/c1-8(2)15-7-10(16)14(4)11(18-14)6-5-9(3)12(17)13(15)19-15/h8-13,16-17H,5-7H2,1-4H3/t9?,10-,11-,12-,13-,14+,15-/m0/s1. The van der Waals surface area contributed by atoms with E-state index in [1.807, 2.05) is 6.92 Å². The van der Waals surface area contributed by atoms with Gasteiger partial charge in [-0.2, -0.15) is 0 Å². The van der Waals surface area contributed by atoms with Crippen molar-refractivity contribution in [1.29, 1.82) is 0 Å². The van der Waals surface area contributed by atoms with Gasteiger partial charge in [0.2, 0.25) is 0 Å². The lowest BCUT2D eigenvalue weighted by atomic mass is 9.77. The Bertz CT molecular complexity index is 371. The lowest BCUT2D eigenvalue weighted by Gasteiger charge is -2.27. The second-order valence-corrected chi connectivity index (χ2v) is 7.20. The van der Waals surface area contributed by atoms with E-state index in [2.05, 4.69) is 20.8 Å². The normalized spacial score (nSPS) is 57.3. The maximum absolute atomic E-state index is 10.5. The van der Waals surface area contributed by atoms with Crippen molar-refractivity contribution in [3.05, 3.63) is 0 Å². The number of hydrogen-bond donors (Lipinski definition) is 2. The summed E-state index contributed by atoms with van der Waals surface area (Å²) in [7, 11) is 0. The Hall–Kier alpha value is -0.160. The highest BCUT2D eigenvalue weighted by atomic mass is 16.6. The third-order valence-corrected chi connectivity index (χ3v) is 5.68. The van der Waals surface area contributed by atoms with Crippen LogP contribution in [0.15, 0.2) is 0 Å². The van der Waals surface area contributed by atoms with Gasteiger partial charge in [0.25, 0.3) is 0 Å². The molecule has 0 aromatic rings. The molecule has 2 heterocycles. The molecule has 3 fully saturated rings. The van der Waals surface area contributed by atoms with Crippen molar-refractivity contribution in [3.63, 3.8) is 0 Å². The van der Waals surface area contributed by atoms with Crippen molar-refractivity contribution in [2.24, 2.45) is 11.8 Å². The summed E-state index contributed by atoms with van der Waals surface area (Å²) in [5.41, 5.74) is -0.773. The molecule has 0 amide bonds. The summed E-state index contributed by atoms with van der Waals surface area (Å²) in [6.07, 6.45) is 1.46. The first-order valence-electron chi connectivity index (χ1n) is 7.53. The minimum absolute atomic E-state index is 0.129. The van der Waals surface area contributed by atoms with Crippen molar-refractivity contribution in [1.82, 2.24) is 0 Å². The molecule has 1 unspecified atom stereocenters. The maximum Gasteiger partial charge on any atom is 0.118 e. The summed E-state index contributed by atoms with van der Waals surface area (Å²) in [5.74, 6) is 0.503. The van der Waals surface area contributed by atoms with E-state index in [1.165, 1.54) is 0 Å². The monoisotopic (exact) mass is 270 g/mol. The first-order chi connectivity index (χ1) is 8.81. The van der Waals surface area contributed by atoms with Crippen LogP contribution in [0.2, 0.25) is 0 Å². The van der Waals surface area contributed by atoms with Crippen LogP contribution in [0.4, 0.5) is 0 Å². The SMILES string of the molecule is CC1CC[C@@H]2O[C@]2(C)[C@@H](O)C[C@@]2(C(C)C)O[C@H]2[C@H]1O. The minimum atomic E-state index is -0.509. The van der Waals surface area contributed by atoms with Crippen LogP contribution < -0.4 is 0 Å². The van der Waals surface area contributed by atoms with E-state index >= 15 is 0 Å². The fourth-order valence-electron chi connectivity index (χ4n) is 3.73. The molecule has 2 N–H and O–H groups in total. The first kappa shape index (κ1) is 13.8. The molecule has 110 valence electrons. The van der Waals surface area contributed by atoms with E-state index in [4.69, 9.17) is 9.47 Å². The molecule has 2 saturated heterocycles. The van der Waals surface area contributed by atoms with Gasteiger partial charge in [-0.1, -0.05) is 20.8 Å². The molecule has 4 heteroatoms. The summed E-state index contributed by atoms with van der Waals surface area (Å²) < 4.78 is 11.6. The molecule has 3 aliphatic rings. The average molecular weight is 270 g/mol. The van der Waals surface area contributed by atoms with E-state index < -0.39 is 17.8 Å². The van der Waals surface area contributed by atoms with Gasteiger partial charge in [-0.25, -0.2) is 0 Å². The number of aliphatic hydroxyl groups is 2. The Morgan fingerprint density at radius 2 is 1.84 bits per heavy atom. The summed E-state index contributed by atoms with van der Waals surface area (Å²) >= 11 is 0. The van der Waals surface area contributed by atoms with Crippen LogP contribution in [0.1, 0.15) is 47.0 Å². The molecule has 19 heavy (non-hydrogen) atoms. The molecule has 0 aromatic heterocycles. The largest absolute Gasteiger partial charge is 0.390 e. The molecule has 0 spiro atoms. The van der Waals surface area contributed by atoms with Gasteiger partial charge in [0, 0.05) is 6.42 Å². The highest BCUT2D eigenvalue weighted by Crippen LogP contribution is 2.55. The van der Waals surface area contributed by atoms with Crippen LogP contribution >= 0.6 is 0 Å². The van der Waals surface area contributed by atoms with Crippen molar-refractivity contribution >= 4 is 0 Å². The number of epoxide rings is 2. The molecular formula is C15H26O4. The second kappa shape index (κ2) is 4.17. The van der Waals surface area contributed by atoms with Crippen molar-refractivity contribution in [2.75, 3.05) is 0 Å². The summed E-state index contributed by atoms with van der Waals surface area (Å²) in [4.78, 5) is 0. The van der Waals surface area contributed by atoms with E-state index in [9.17, 15) is 10.2 Å². The Labute approximate surface area is 115 Å². The number of hydrogen-bond acceptors (Lipinski definition) is 4. The molecule has 2 aliphatic heterocycles. The van der Waals surface area contributed by atoms with Gasteiger partial charge in [0.05, 0.1) is 18.3 Å². The van der Waals surface area contributed by atoms with Crippen LogP contribution in [-0.4, -0.2) is 45.8 Å². The molecule has 0 bridgehead atoms. The van der Waals surface area contributed by atoms with E-state index in [0.717, 1.165) is 12.8 Å². The zero-order valence-electron chi connectivity index (χ0n) is 12.3. The van der Waals surface area contributed by atoms with Crippen LogP contribution in [0, 0.1) is 11.8 Å². The van der Waals surface area contributed by atoms with Crippen LogP contribution in [0.25, 0.3) is 0 Å². The van der Waals surface area contributed by atoms with Crippen LogP contribution in [-0.2, 0) is 9.47 Å². The first-order valence-corrected chi connectivity index (χ1v) is 7.53. The lowest BCUT2D eigenvalue weighted by molar-refractivity contribution is 0.0441. The summed E-state index contributed by atoms with van der Waals surface area (Å²) in [6, 6.07) is 0. The smallest absolute Gasteiger partial charge is 0.118 e. The van der Waals surface area contributed by atoms with Gasteiger partial charge in [-0.3, -0.25) is 0 Å². The fraction of sp³-hybridized carbons (Fsp3) is 1.00. The highest BCUT2D eigenvalue weighted by Gasteiger charge is 2.67. The third kappa shape index (κ3) is 1.96. The zero-order chi connectivity index (χ0) is 14.0. The number of aliphatic hydroxyl groups excluding tert-OH is 2. The molecule has 0 radical (unpaired) electrons. The van der Waals surface area contributed by atoms with Crippen LogP contribution in [0.3, 0.4) is 0 Å². The van der Waals surface area contributed by atoms with E-state index in [1.54, 1.807) is 0 Å². The van der Waals surface area contributed by atoms with Gasteiger partial charge in [0.1, 0.15) is 17.3 Å². The molecule has 7 atom stereocenters. The molecule has 0 aromatic carbocycles. The van der Waals surface area contributed by atoms with Gasteiger partial charge < -0.3 is 19.7 Å². The molecule has 1 aliphatic carbocycles. The molecule has 1 saturated carbocycles. The maximum atomic E-state index is 10.5.